The third kappa shape index (κ3) is 19.9. The zero-order chi connectivity index (χ0) is 30.9. The van der Waals surface area contributed by atoms with E-state index in [4.69, 9.17) is 33.2 Å². The standard InChI is InChI=1S/C27H42O14/c1-4-7-10-36-24(32)16-39-21(29)13-27(19-35-20-28,14-22(30)40-17-25(33)37-11-8-5-2)15-23(31)41-18-26(34)38-12-9-6-3/h20H,4-19H2,1-3H3. The SMILES string of the molecule is CCCCOC(=O)COC(=O)CC(COC=O)(CC(=O)OCC(=O)OCCCC)CC(=O)OCC(=O)OCCCC. The van der Waals surface area contributed by atoms with Crippen LogP contribution in [-0.4, -0.2) is 88.5 Å². The lowest BCUT2D eigenvalue weighted by Crippen LogP contribution is -2.37. The maximum atomic E-state index is 12.6. The van der Waals surface area contributed by atoms with Crippen LogP contribution in [0, 0.1) is 5.41 Å². The number of unbranched alkanes of at least 4 members (excludes halogenated alkanes) is 3. The van der Waals surface area contributed by atoms with Crippen LogP contribution in [0.15, 0.2) is 0 Å². The van der Waals surface area contributed by atoms with Crippen molar-refractivity contribution >= 4 is 42.3 Å². The van der Waals surface area contributed by atoms with Crippen LogP contribution in [0.2, 0.25) is 0 Å². The highest BCUT2D eigenvalue weighted by Crippen LogP contribution is 2.33. The Hall–Kier alpha value is -3.71. The molecule has 0 aromatic heterocycles. The highest BCUT2D eigenvalue weighted by atomic mass is 16.6. The largest absolute Gasteiger partial charge is 0.467 e. The van der Waals surface area contributed by atoms with E-state index >= 15 is 0 Å². The van der Waals surface area contributed by atoms with Crippen LogP contribution in [0.4, 0.5) is 0 Å². The van der Waals surface area contributed by atoms with Crippen LogP contribution in [0.1, 0.15) is 78.6 Å². The molecule has 0 bridgehead atoms. The average Bonchev–Trinajstić information content (AvgIpc) is 2.93. The number of carbonyl (C=O) groups excluding carboxylic acids is 7. The van der Waals surface area contributed by atoms with Gasteiger partial charge in [-0.25, -0.2) is 14.4 Å². The van der Waals surface area contributed by atoms with Gasteiger partial charge in [-0.2, -0.15) is 0 Å². The van der Waals surface area contributed by atoms with E-state index in [0.29, 0.717) is 19.3 Å². The summed E-state index contributed by atoms with van der Waals surface area (Å²) < 4.78 is 34.3. The third-order valence-corrected chi connectivity index (χ3v) is 5.35. The van der Waals surface area contributed by atoms with Crippen molar-refractivity contribution in [3.63, 3.8) is 0 Å². The Morgan fingerprint density at radius 3 is 1.10 bits per heavy atom. The molecule has 0 atom stereocenters. The smallest absolute Gasteiger partial charge is 0.344 e. The van der Waals surface area contributed by atoms with E-state index < -0.39 is 86.9 Å². The van der Waals surface area contributed by atoms with Crippen LogP contribution in [0.25, 0.3) is 0 Å². The minimum atomic E-state index is -1.77. The number of hydrogen-bond acceptors (Lipinski definition) is 14. The molecule has 0 saturated heterocycles. The van der Waals surface area contributed by atoms with Gasteiger partial charge in [0.15, 0.2) is 19.8 Å². The molecule has 0 heterocycles. The van der Waals surface area contributed by atoms with Gasteiger partial charge in [0.1, 0.15) is 0 Å². The first-order chi connectivity index (χ1) is 19.6. The zero-order valence-electron chi connectivity index (χ0n) is 24.1. The minimum Gasteiger partial charge on any atom is -0.467 e. The normalized spacial score (nSPS) is 10.6. The molecule has 0 unspecified atom stereocenters. The van der Waals surface area contributed by atoms with Crippen molar-refractivity contribution < 1.29 is 66.7 Å². The molecule has 0 aromatic carbocycles. The van der Waals surface area contributed by atoms with Crippen molar-refractivity contribution in [3.05, 3.63) is 0 Å². The fraction of sp³-hybridized carbons (Fsp3) is 0.741. The average molecular weight is 591 g/mol. The predicted molar refractivity (Wildman–Crippen MR) is 139 cm³/mol. The van der Waals surface area contributed by atoms with Crippen LogP contribution in [0.5, 0.6) is 0 Å². The van der Waals surface area contributed by atoms with Crippen LogP contribution >= 0.6 is 0 Å². The zero-order valence-corrected chi connectivity index (χ0v) is 24.1. The Kier molecular flexibility index (Phi) is 21.0. The first-order valence-corrected chi connectivity index (χ1v) is 13.6. The summed E-state index contributed by atoms with van der Waals surface area (Å²) >= 11 is 0. The Morgan fingerprint density at radius 1 is 0.512 bits per heavy atom. The Morgan fingerprint density at radius 2 is 0.829 bits per heavy atom. The van der Waals surface area contributed by atoms with Crippen molar-refractivity contribution in [2.75, 3.05) is 46.2 Å². The van der Waals surface area contributed by atoms with Crippen LogP contribution < -0.4 is 0 Å². The van der Waals surface area contributed by atoms with E-state index in [9.17, 15) is 33.6 Å². The lowest BCUT2D eigenvalue weighted by atomic mass is 9.78. The first kappa shape index (κ1) is 37.3. The van der Waals surface area contributed by atoms with Crippen molar-refractivity contribution in [2.45, 2.75) is 78.6 Å². The summed E-state index contributed by atoms with van der Waals surface area (Å²) in [5, 5.41) is 0. The summed E-state index contributed by atoms with van der Waals surface area (Å²) in [6, 6.07) is 0. The van der Waals surface area contributed by atoms with Gasteiger partial charge in [0.05, 0.1) is 45.7 Å². The summed E-state index contributed by atoms with van der Waals surface area (Å²) in [5.74, 6) is -5.47. The number of hydrogen-bond donors (Lipinski definition) is 0. The van der Waals surface area contributed by atoms with Crippen molar-refractivity contribution in [2.24, 2.45) is 5.41 Å². The monoisotopic (exact) mass is 590 g/mol. The van der Waals surface area contributed by atoms with E-state index in [2.05, 4.69) is 0 Å². The number of rotatable bonds is 24. The van der Waals surface area contributed by atoms with Gasteiger partial charge in [-0.1, -0.05) is 40.0 Å². The Bertz CT molecular complexity index is 740. The second-order valence-corrected chi connectivity index (χ2v) is 9.14. The van der Waals surface area contributed by atoms with Crippen LogP contribution in [0.3, 0.4) is 0 Å². The molecule has 0 aliphatic rings. The maximum Gasteiger partial charge on any atom is 0.344 e. The number of carbonyl (C=O) groups is 7. The second-order valence-electron chi connectivity index (χ2n) is 9.14. The molecule has 0 radical (unpaired) electrons. The molecule has 0 amide bonds. The van der Waals surface area contributed by atoms with Gasteiger partial charge in [0.2, 0.25) is 0 Å². The van der Waals surface area contributed by atoms with Crippen molar-refractivity contribution in [1.29, 1.82) is 0 Å². The molecule has 41 heavy (non-hydrogen) atoms. The van der Waals surface area contributed by atoms with E-state index in [1.807, 2.05) is 20.8 Å². The maximum absolute atomic E-state index is 12.6. The summed E-state index contributed by atoms with van der Waals surface area (Å²) in [5.41, 5.74) is -1.77. The van der Waals surface area contributed by atoms with Crippen molar-refractivity contribution in [3.8, 4) is 0 Å². The highest BCUT2D eigenvalue weighted by molar-refractivity contribution is 5.82. The van der Waals surface area contributed by atoms with Crippen LogP contribution in [-0.2, 0) is 66.7 Å². The minimum absolute atomic E-state index is 0.0397. The Labute approximate surface area is 239 Å². The van der Waals surface area contributed by atoms with Crippen molar-refractivity contribution in [1.82, 2.24) is 0 Å². The highest BCUT2D eigenvalue weighted by Gasteiger charge is 2.41. The van der Waals surface area contributed by atoms with E-state index in [1.165, 1.54) is 0 Å². The lowest BCUT2D eigenvalue weighted by molar-refractivity contribution is -0.168. The summed E-state index contributed by atoms with van der Waals surface area (Å²) in [6.45, 7) is 3.34. The summed E-state index contributed by atoms with van der Waals surface area (Å²) in [4.78, 5) is 84.2. The Balaban J connectivity index is 5.49. The second kappa shape index (κ2) is 23.0. The van der Waals surface area contributed by atoms with Gasteiger partial charge in [0.25, 0.3) is 6.47 Å². The fourth-order valence-electron chi connectivity index (χ4n) is 3.16. The van der Waals surface area contributed by atoms with Gasteiger partial charge in [-0.15, -0.1) is 0 Å². The number of esters is 6. The van der Waals surface area contributed by atoms with Gasteiger partial charge < -0.3 is 33.2 Å². The topological polar surface area (TPSA) is 184 Å². The van der Waals surface area contributed by atoms with Gasteiger partial charge >= 0.3 is 35.8 Å². The van der Waals surface area contributed by atoms with Gasteiger partial charge in [-0.05, 0) is 19.3 Å². The van der Waals surface area contributed by atoms with Gasteiger partial charge in [-0.3, -0.25) is 19.2 Å². The molecule has 0 N–H and O–H groups in total. The molecule has 0 fully saturated rings. The third-order valence-electron chi connectivity index (χ3n) is 5.35. The molecule has 0 aliphatic heterocycles. The quantitative estimate of drug-likeness (QED) is 0.0687. The molecule has 234 valence electrons. The fourth-order valence-corrected chi connectivity index (χ4v) is 3.16. The van der Waals surface area contributed by atoms with E-state index in [-0.39, 0.29) is 26.3 Å². The molecule has 0 saturated carbocycles. The summed E-state index contributed by atoms with van der Waals surface area (Å²) in [6.07, 6.45) is 2.11. The molecular formula is C27H42O14. The predicted octanol–water partition coefficient (Wildman–Crippen LogP) is 1.98. The van der Waals surface area contributed by atoms with E-state index in [1.54, 1.807) is 0 Å². The molecular weight excluding hydrogens is 548 g/mol. The molecule has 14 heteroatoms. The molecule has 14 nitrogen and oxygen atoms in total. The lowest BCUT2D eigenvalue weighted by Gasteiger charge is -2.30. The van der Waals surface area contributed by atoms with Gasteiger partial charge in [0, 0.05) is 5.41 Å². The number of ether oxygens (including phenoxy) is 7. The first-order valence-electron chi connectivity index (χ1n) is 13.6. The molecule has 0 aliphatic carbocycles. The molecule has 0 spiro atoms. The molecule has 0 aromatic rings. The summed E-state index contributed by atoms with van der Waals surface area (Å²) in [7, 11) is 0. The van der Waals surface area contributed by atoms with E-state index in [0.717, 1.165) is 19.3 Å². The molecule has 0 rings (SSSR count).